The summed E-state index contributed by atoms with van der Waals surface area (Å²) in [6.07, 6.45) is 2.05. The molecule has 0 spiro atoms. The first-order chi connectivity index (χ1) is 7.18. The minimum Gasteiger partial charge on any atom is -0.372 e. The number of halogens is 2. The van der Waals surface area contributed by atoms with Crippen LogP contribution in [0.3, 0.4) is 0 Å². The molecule has 1 heterocycles. The highest BCUT2D eigenvalue weighted by Gasteiger charge is 2.24. The van der Waals surface area contributed by atoms with Gasteiger partial charge in [-0.05, 0) is 46.5 Å². The Hall–Kier alpha value is -0.0900. The number of rotatable bonds is 1. The normalized spacial score (nSPS) is 26.6. The Morgan fingerprint density at radius 2 is 2.27 bits per heavy atom. The Kier molecular flexibility index (Phi) is 3.67. The molecular formula is C11H13BrClNO. The van der Waals surface area contributed by atoms with Gasteiger partial charge in [0.1, 0.15) is 0 Å². The number of ether oxygens (including phenoxy) is 1. The van der Waals surface area contributed by atoms with Crippen LogP contribution in [0.4, 0.5) is 0 Å². The van der Waals surface area contributed by atoms with E-state index in [1.165, 1.54) is 0 Å². The van der Waals surface area contributed by atoms with E-state index in [2.05, 4.69) is 15.9 Å². The molecule has 82 valence electrons. The largest absolute Gasteiger partial charge is 0.372 e. The van der Waals surface area contributed by atoms with Crippen molar-refractivity contribution in [2.75, 3.05) is 6.61 Å². The molecule has 0 bridgehead atoms. The molecule has 1 aromatic carbocycles. The zero-order valence-corrected chi connectivity index (χ0v) is 10.6. The molecule has 0 amide bonds. The lowest BCUT2D eigenvalue weighted by Gasteiger charge is -2.29. The first-order valence-electron chi connectivity index (χ1n) is 5.00. The van der Waals surface area contributed by atoms with Crippen LogP contribution in [0.1, 0.15) is 24.5 Å². The Balaban J connectivity index is 2.24. The minimum absolute atomic E-state index is 0.00986. The van der Waals surface area contributed by atoms with Crippen molar-refractivity contribution >= 4 is 27.5 Å². The second kappa shape index (κ2) is 4.83. The van der Waals surface area contributed by atoms with Crippen LogP contribution < -0.4 is 5.73 Å². The Morgan fingerprint density at radius 1 is 1.47 bits per heavy atom. The van der Waals surface area contributed by atoms with E-state index in [1.807, 2.05) is 18.2 Å². The smallest absolute Gasteiger partial charge is 0.0976 e. The van der Waals surface area contributed by atoms with Crippen LogP contribution in [-0.2, 0) is 4.74 Å². The molecule has 1 aliphatic heterocycles. The number of nitrogens with two attached hydrogens (primary N) is 1. The molecule has 2 rings (SSSR count). The van der Waals surface area contributed by atoms with E-state index in [9.17, 15) is 0 Å². The summed E-state index contributed by atoms with van der Waals surface area (Å²) in [5, 5.41) is 0.703. The third-order valence-electron chi connectivity index (χ3n) is 2.64. The molecule has 4 heteroatoms. The van der Waals surface area contributed by atoms with E-state index < -0.39 is 0 Å². The SMILES string of the molecule is NC1CCCOC1c1ccc(Br)c(Cl)c1. The molecule has 0 aromatic heterocycles. The quantitative estimate of drug-likeness (QED) is 0.861. The van der Waals surface area contributed by atoms with E-state index in [4.69, 9.17) is 22.1 Å². The fraction of sp³-hybridized carbons (Fsp3) is 0.455. The highest BCUT2D eigenvalue weighted by molar-refractivity contribution is 9.10. The average molecular weight is 291 g/mol. The fourth-order valence-corrected chi connectivity index (χ4v) is 2.27. The van der Waals surface area contributed by atoms with Crippen molar-refractivity contribution in [2.24, 2.45) is 5.73 Å². The van der Waals surface area contributed by atoms with Crippen LogP contribution in [0.2, 0.25) is 5.02 Å². The lowest BCUT2D eigenvalue weighted by molar-refractivity contribution is 0.000144. The Morgan fingerprint density at radius 3 is 2.93 bits per heavy atom. The Labute approximate surface area is 103 Å². The summed E-state index contributed by atoms with van der Waals surface area (Å²) in [5.41, 5.74) is 7.08. The molecule has 1 aliphatic rings. The van der Waals surface area contributed by atoms with Gasteiger partial charge in [0, 0.05) is 17.1 Å². The summed E-state index contributed by atoms with van der Waals surface area (Å²) < 4.78 is 6.57. The molecule has 2 unspecified atom stereocenters. The summed E-state index contributed by atoms with van der Waals surface area (Å²) in [5.74, 6) is 0. The second-order valence-corrected chi connectivity index (χ2v) is 5.03. The van der Waals surface area contributed by atoms with E-state index in [1.54, 1.807) is 0 Å². The maximum atomic E-state index is 6.04. The lowest BCUT2D eigenvalue weighted by atomic mass is 9.97. The van der Waals surface area contributed by atoms with Crippen LogP contribution in [0.15, 0.2) is 22.7 Å². The average Bonchev–Trinajstić information content (AvgIpc) is 2.23. The lowest BCUT2D eigenvalue weighted by Crippen LogP contribution is -2.34. The third kappa shape index (κ3) is 2.53. The number of hydrogen-bond acceptors (Lipinski definition) is 2. The maximum Gasteiger partial charge on any atom is 0.0976 e. The summed E-state index contributed by atoms with van der Waals surface area (Å²) in [6, 6.07) is 5.94. The van der Waals surface area contributed by atoms with E-state index in [0.717, 1.165) is 29.5 Å². The summed E-state index contributed by atoms with van der Waals surface area (Å²) in [7, 11) is 0. The second-order valence-electron chi connectivity index (χ2n) is 3.77. The third-order valence-corrected chi connectivity index (χ3v) is 3.87. The van der Waals surface area contributed by atoms with Crippen molar-refractivity contribution in [3.63, 3.8) is 0 Å². The minimum atomic E-state index is -0.00986. The first kappa shape index (κ1) is 11.4. The molecule has 0 radical (unpaired) electrons. The molecule has 2 nitrogen and oxygen atoms in total. The van der Waals surface area contributed by atoms with E-state index in [0.29, 0.717) is 5.02 Å². The highest BCUT2D eigenvalue weighted by atomic mass is 79.9. The highest BCUT2D eigenvalue weighted by Crippen LogP contribution is 2.31. The standard InChI is InChI=1S/C11H13BrClNO/c12-8-4-3-7(6-9(8)13)11-10(14)2-1-5-15-11/h3-4,6,10-11H,1-2,5,14H2. The van der Waals surface area contributed by atoms with Crippen molar-refractivity contribution < 1.29 is 4.74 Å². The van der Waals surface area contributed by atoms with Crippen molar-refractivity contribution in [3.05, 3.63) is 33.3 Å². The van der Waals surface area contributed by atoms with Crippen molar-refractivity contribution in [1.29, 1.82) is 0 Å². The molecule has 0 aliphatic carbocycles. The monoisotopic (exact) mass is 289 g/mol. The van der Waals surface area contributed by atoms with Gasteiger partial charge in [-0.1, -0.05) is 17.7 Å². The van der Waals surface area contributed by atoms with Gasteiger partial charge in [-0.2, -0.15) is 0 Å². The van der Waals surface area contributed by atoms with Gasteiger partial charge in [-0.25, -0.2) is 0 Å². The molecule has 1 aromatic rings. The Bertz CT molecular complexity index is 358. The van der Waals surface area contributed by atoms with Crippen LogP contribution in [0.25, 0.3) is 0 Å². The van der Waals surface area contributed by atoms with Gasteiger partial charge >= 0.3 is 0 Å². The predicted molar refractivity (Wildman–Crippen MR) is 65.1 cm³/mol. The van der Waals surface area contributed by atoms with Gasteiger partial charge < -0.3 is 10.5 Å². The van der Waals surface area contributed by atoms with Gasteiger partial charge in [-0.3, -0.25) is 0 Å². The van der Waals surface area contributed by atoms with Crippen molar-refractivity contribution in [2.45, 2.75) is 25.0 Å². The summed E-state index contributed by atoms with van der Waals surface area (Å²) in [6.45, 7) is 0.784. The zero-order chi connectivity index (χ0) is 10.8. The van der Waals surface area contributed by atoms with Crippen molar-refractivity contribution in [1.82, 2.24) is 0 Å². The number of hydrogen-bond donors (Lipinski definition) is 1. The van der Waals surface area contributed by atoms with E-state index >= 15 is 0 Å². The molecule has 2 N–H and O–H groups in total. The van der Waals surface area contributed by atoms with Gasteiger partial charge in [0.2, 0.25) is 0 Å². The van der Waals surface area contributed by atoms with Crippen LogP contribution in [0.5, 0.6) is 0 Å². The molecule has 1 fully saturated rings. The van der Waals surface area contributed by atoms with E-state index in [-0.39, 0.29) is 12.1 Å². The fourth-order valence-electron chi connectivity index (χ4n) is 1.84. The van der Waals surface area contributed by atoms with Crippen molar-refractivity contribution in [3.8, 4) is 0 Å². The van der Waals surface area contributed by atoms with Gasteiger partial charge in [0.15, 0.2) is 0 Å². The van der Waals surface area contributed by atoms with Crippen LogP contribution in [-0.4, -0.2) is 12.6 Å². The van der Waals surface area contributed by atoms with Crippen LogP contribution in [0, 0.1) is 0 Å². The van der Waals surface area contributed by atoms with Gasteiger partial charge in [-0.15, -0.1) is 0 Å². The molecule has 15 heavy (non-hydrogen) atoms. The zero-order valence-electron chi connectivity index (χ0n) is 8.25. The maximum absolute atomic E-state index is 6.04. The molecule has 0 saturated carbocycles. The predicted octanol–water partition coefficient (Wildman–Crippen LogP) is 3.28. The number of benzene rings is 1. The topological polar surface area (TPSA) is 35.2 Å². The van der Waals surface area contributed by atoms with Gasteiger partial charge in [0.25, 0.3) is 0 Å². The van der Waals surface area contributed by atoms with Gasteiger partial charge in [0.05, 0.1) is 11.1 Å². The molecule has 2 atom stereocenters. The summed E-state index contributed by atoms with van der Waals surface area (Å²) in [4.78, 5) is 0. The molecule has 1 saturated heterocycles. The summed E-state index contributed by atoms with van der Waals surface area (Å²) >= 11 is 9.40. The molecular weight excluding hydrogens is 277 g/mol. The van der Waals surface area contributed by atoms with Crippen LogP contribution >= 0.6 is 27.5 Å². The first-order valence-corrected chi connectivity index (χ1v) is 6.17.